The number of nitrogens with one attached hydrogen (secondary N) is 2. The van der Waals surface area contributed by atoms with Gasteiger partial charge in [-0.2, -0.15) is 0 Å². The van der Waals surface area contributed by atoms with Crippen molar-refractivity contribution in [2.75, 3.05) is 56.5 Å². The van der Waals surface area contributed by atoms with Gasteiger partial charge in [-0.05, 0) is 26.0 Å². The fourth-order valence-corrected chi connectivity index (χ4v) is 3.19. The van der Waals surface area contributed by atoms with E-state index < -0.39 is 10.0 Å². The first kappa shape index (κ1) is 22.9. The Bertz CT molecular complexity index is 648. The Morgan fingerprint density at radius 3 is 2.54 bits per heavy atom. The predicted octanol–water partition coefficient (Wildman–Crippen LogP) is 0.726. The largest absolute Gasteiger partial charge is 0.357 e. The number of hydrogen-bond donors (Lipinski definition) is 2. The summed E-state index contributed by atoms with van der Waals surface area (Å²) in [6, 6.07) is 5.94. The second-order valence-electron chi connectivity index (χ2n) is 5.70. The maximum atomic E-state index is 11.4. The number of rotatable bonds is 7. The number of nitrogens with zero attached hydrogens (tertiary/aromatic N) is 4. The molecule has 148 valence electrons. The van der Waals surface area contributed by atoms with E-state index >= 15 is 0 Å². The molecule has 1 aliphatic rings. The number of anilines is 1. The van der Waals surface area contributed by atoms with E-state index in [1.807, 2.05) is 31.3 Å². The van der Waals surface area contributed by atoms with Crippen molar-refractivity contribution in [1.82, 2.24) is 19.9 Å². The van der Waals surface area contributed by atoms with Crippen LogP contribution in [0.25, 0.3) is 0 Å². The molecule has 0 saturated carbocycles. The highest BCUT2D eigenvalue weighted by Gasteiger charge is 2.20. The Morgan fingerprint density at radius 1 is 1.23 bits per heavy atom. The molecule has 8 nitrogen and oxygen atoms in total. The molecule has 1 aromatic rings. The van der Waals surface area contributed by atoms with Crippen LogP contribution in [0.1, 0.15) is 13.8 Å². The van der Waals surface area contributed by atoms with E-state index in [4.69, 9.17) is 0 Å². The minimum absolute atomic E-state index is 0. The van der Waals surface area contributed by atoms with E-state index in [1.54, 1.807) is 6.92 Å². The third-order valence-electron chi connectivity index (χ3n) is 3.96. The molecule has 0 amide bonds. The number of aromatic nitrogens is 1. The van der Waals surface area contributed by atoms with E-state index in [9.17, 15) is 8.42 Å². The van der Waals surface area contributed by atoms with E-state index in [0.29, 0.717) is 13.1 Å². The van der Waals surface area contributed by atoms with Gasteiger partial charge < -0.3 is 15.1 Å². The van der Waals surface area contributed by atoms with Gasteiger partial charge >= 0.3 is 0 Å². The summed E-state index contributed by atoms with van der Waals surface area (Å²) in [7, 11) is -3.16. The van der Waals surface area contributed by atoms with Crippen LogP contribution in [0.2, 0.25) is 0 Å². The summed E-state index contributed by atoms with van der Waals surface area (Å²) < 4.78 is 25.4. The fourth-order valence-electron chi connectivity index (χ4n) is 2.58. The summed E-state index contributed by atoms with van der Waals surface area (Å²) >= 11 is 0. The predicted molar refractivity (Wildman–Crippen MR) is 117 cm³/mol. The highest BCUT2D eigenvalue weighted by molar-refractivity contribution is 14.0. The topological polar surface area (TPSA) is 89.9 Å². The molecule has 1 saturated heterocycles. The van der Waals surface area contributed by atoms with Crippen molar-refractivity contribution in [3.63, 3.8) is 0 Å². The lowest BCUT2D eigenvalue weighted by Gasteiger charge is -2.37. The van der Waals surface area contributed by atoms with Crippen LogP contribution in [0.15, 0.2) is 29.4 Å². The van der Waals surface area contributed by atoms with E-state index in [1.165, 1.54) is 0 Å². The number of halogens is 1. The van der Waals surface area contributed by atoms with Gasteiger partial charge in [0.05, 0.1) is 12.3 Å². The van der Waals surface area contributed by atoms with Crippen LogP contribution >= 0.6 is 24.0 Å². The standard InChI is InChI=1S/C16H28N6O2S.HI/c1-3-17-16(19-9-10-20-25(23,24)4-2)22-13-11-21(12-14-22)15-7-5-6-8-18-15;/h5-8,20H,3-4,9-14H2,1-2H3,(H,17,19);1H. The van der Waals surface area contributed by atoms with Crippen LogP contribution in [-0.4, -0.2) is 75.8 Å². The summed E-state index contributed by atoms with van der Waals surface area (Å²) in [5.41, 5.74) is 0. The van der Waals surface area contributed by atoms with Crippen molar-refractivity contribution in [3.05, 3.63) is 24.4 Å². The van der Waals surface area contributed by atoms with E-state index in [0.717, 1.165) is 44.5 Å². The first-order valence-electron chi connectivity index (χ1n) is 8.72. The van der Waals surface area contributed by atoms with Crippen LogP contribution < -0.4 is 14.9 Å². The van der Waals surface area contributed by atoms with Crippen LogP contribution in [0, 0.1) is 0 Å². The first-order valence-corrected chi connectivity index (χ1v) is 10.4. The van der Waals surface area contributed by atoms with Crippen molar-refractivity contribution in [2.24, 2.45) is 4.99 Å². The van der Waals surface area contributed by atoms with E-state index in [2.05, 4.69) is 29.8 Å². The summed E-state index contributed by atoms with van der Waals surface area (Å²) in [5.74, 6) is 1.92. The van der Waals surface area contributed by atoms with Gasteiger partial charge in [-0.15, -0.1) is 24.0 Å². The van der Waals surface area contributed by atoms with E-state index in [-0.39, 0.29) is 29.7 Å². The minimum atomic E-state index is -3.16. The Balaban J connectivity index is 0.00000338. The molecular formula is C16H29IN6O2S. The number of aliphatic imine (C=N–C) groups is 1. The Hall–Kier alpha value is -1.14. The summed E-state index contributed by atoms with van der Waals surface area (Å²) in [6.45, 7) is 8.62. The van der Waals surface area contributed by atoms with Gasteiger partial charge in [0.2, 0.25) is 10.0 Å². The van der Waals surface area contributed by atoms with Crippen molar-refractivity contribution >= 4 is 45.8 Å². The lowest BCUT2D eigenvalue weighted by molar-refractivity contribution is 0.371. The maximum Gasteiger partial charge on any atom is 0.211 e. The molecule has 0 aliphatic carbocycles. The molecule has 10 heteroatoms. The maximum absolute atomic E-state index is 11.4. The van der Waals surface area contributed by atoms with Crippen LogP contribution in [0.4, 0.5) is 5.82 Å². The third kappa shape index (κ3) is 7.23. The number of piperazine rings is 1. The highest BCUT2D eigenvalue weighted by Crippen LogP contribution is 2.12. The average molecular weight is 496 g/mol. The zero-order valence-corrected chi connectivity index (χ0v) is 18.5. The van der Waals surface area contributed by atoms with Gasteiger partial charge in [-0.25, -0.2) is 18.1 Å². The van der Waals surface area contributed by atoms with Gasteiger partial charge in [0.15, 0.2) is 5.96 Å². The van der Waals surface area contributed by atoms with Crippen LogP contribution in [0.3, 0.4) is 0 Å². The normalized spacial score (nSPS) is 15.5. The molecule has 0 radical (unpaired) electrons. The molecule has 2 rings (SSSR count). The van der Waals surface area contributed by atoms with Gasteiger partial charge in [0, 0.05) is 45.5 Å². The first-order chi connectivity index (χ1) is 12.1. The van der Waals surface area contributed by atoms with Crippen molar-refractivity contribution in [3.8, 4) is 0 Å². The third-order valence-corrected chi connectivity index (χ3v) is 5.37. The van der Waals surface area contributed by atoms with Crippen LogP contribution in [0.5, 0.6) is 0 Å². The summed E-state index contributed by atoms with van der Waals surface area (Å²) in [6.07, 6.45) is 1.81. The van der Waals surface area contributed by atoms with Gasteiger partial charge in [0.1, 0.15) is 5.82 Å². The lowest BCUT2D eigenvalue weighted by atomic mass is 10.3. The second-order valence-corrected chi connectivity index (χ2v) is 7.79. The van der Waals surface area contributed by atoms with Crippen molar-refractivity contribution < 1.29 is 8.42 Å². The van der Waals surface area contributed by atoms with Gasteiger partial charge in [-0.3, -0.25) is 4.99 Å². The van der Waals surface area contributed by atoms with Crippen LogP contribution in [-0.2, 0) is 10.0 Å². The summed E-state index contributed by atoms with van der Waals surface area (Å²) in [4.78, 5) is 13.4. The van der Waals surface area contributed by atoms with Gasteiger partial charge in [0.25, 0.3) is 0 Å². The molecule has 0 spiro atoms. The highest BCUT2D eigenvalue weighted by atomic mass is 127. The zero-order valence-electron chi connectivity index (χ0n) is 15.4. The SMILES string of the molecule is CCNC(=NCCNS(=O)(=O)CC)N1CCN(c2ccccn2)CC1.I. The molecule has 1 aliphatic heterocycles. The molecule has 26 heavy (non-hydrogen) atoms. The fraction of sp³-hybridized carbons (Fsp3) is 0.625. The van der Waals surface area contributed by atoms with Gasteiger partial charge in [-0.1, -0.05) is 6.07 Å². The smallest absolute Gasteiger partial charge is 0.211 e. The molecule has 1 fully saturated rings. The summed E-state index contributed by atoms with van der Waals surface area (Å²) in [5, 5.41) is 3.28. The number of sulfonamides is 1. The minimum Gasteiger partial charge on any atom is -0.357 e. The lowest BCUT2D eigenvalue weighted by Crippen LogP contribution is -2.52. The molecule has 0 bridgehead atoms. The molecule has 0 unspecified atom stereocenters. The quantitative estimate of drug-likeness (QED) is 0.251. The Kier molecular flexibility index (Phi) is 10.2. The van der Waals surface area contributed by atoms with Crippen molar-refractivity contribution in [2.45, 2.75) is 13.8 Å². The average Bonchev–Trinajstić information content (AvgIpc) is 2.65. The molecule has 2 heterocycles. The monoisotopic (exact) mass is 496 g/mol. The molecule has 2 N–H and O–H groups in total. The Morgan fingerprint density at radius 2 is 1.96 bits per heavy atom. The molecule has 1 aromatic heterocycles. The molecular weight excluding hydrogens is 467 g/mol. The number of guanidine groups is 1. The second kappa shape index (κ2) is 11.5. The van der Waals surface area contributed by atoms with Crippen molar-refractivity contribution in [1.29, 1.82) is 0 Å². The Labute approximate surface area is 173 Å². The number of hydrogen-bond acceptors (Lipinski definition) is 5. The molecule has 0 atom stereocenters. The number of pyridine rings is 1. The molecule has 0 aromatic carbocycles. The zero-order chi connectivity index (χ0) is 18.1.